The maximum Gasteiger partial charge on any atom is 0.410 e. The summed E-state index contributed by atoms with van der Waals surface area (Å²) in [6, 6.07) is 0. The lowest BCUT2D eigenvalue weighted by atomic mass is 10.2. The van der Waals surface area contributed by atoms with Crippen LogP contribution in [-0.4, -0.2) is 130 Å². The van der Waals surface area contributed by atoms with Crippen LogP contribution in [0.3, 0.4) is 0 Å². The highest BCUT2D eigenvalue weighted by molar-refractivity contribution is 5.68. The Kier molecular flexibility index (Phi) is 9.23. The summed E-state index contributed by atoms with van der Waals surface area (Å²) >= 11 is 0. The van der Waals surface area contributed by atoms with E-state index in [2.05, 4.69) is 44.9 Å². The topological polar surface area (TPSA) is 158 Å². The number of carbonyl (C=O) groups excluding carboxylic acids is 1. The van der Waals surface area contributed by atoms with Crippen molar-refractivity contribution in [1.29, 1.82) is 0 Å². The lowest BCUT2D eigenvalue weighted by molar-refractivity contribution is 0.0240. The van der Waals surface area contributed by atoms with Crippen molar-refractivity contribution >= 4 is 29.9 Å². The molecule has 0 aliphatic carbocycles. The number of nitrogens with zero attached hydrogens (tertiary/aromatic N) is 10. The molecular weight excluding hydrogens is 494 g/mol. The number of rotatable bonds is 9. The summed E-state index contributed by atoms with van der Waals surface area (Å²) in [7, 11) is 0. The number of aliphatic hydroxyl groups is 1. The number of ether oxygens (including phenoxy) is 2. The molecule has 208 valence electrons. The number of hydrogen-bond acceptors (Lipinski definition) is 14. The number of nitrogens with one attached hydrogen (secondary N) is 1. The van der Waals surface area contributed by atoms with Gasteiger partial charge in [-0.15, -0.1) is 0 Å². The third kappa shape index (κ3) is 7.71. The van der Waals surface area contributed by atoms with Gasteiger partial charge in [0.1, 0.15) is 18.3 Å². The minimum Gasteiger partial charge on any atom is -0.444 e. The minimum absolute atomic E-state index is 0.0220. The fourth-order valence-corrected chi connectivity index (χ4v) is 4.04. The quantitative estimate of drug-likeness (QED) is 0.412. The van der Waals surface area contributed by atoms with E-state index in [1.165, 1.54) is 12.7 Å². The fraction of sp³-hybridized carbons (Fsp3) is 0.696. The van der Waals surface area contributed by atoms with E-state index in [-0.39, 0.29) is 19.3 Å². The van der Waals surface area contributed by atoms with Crippen molar-refractivity contribution in [3.63, 3.8) is 0 Å². The predicted molar refractivity (Wildman–Crippen MR) is 140 cm³/mol. The molecule has 1 amide bonds. The molecular formula is C23H37N11O4. The summed E-state index contributed by atoms with van der Waals surface area (Å²) in [5, 5.41) is 12.1. The predicted octanol–water partition coefficient (Wildman–Crippen LogP) is -0.139. The van der Waals surface area contributed by atoms with E-state index in [1.54, 1.807) is 4.90 Å². The first-order chi connectivity index (χ1) is 18.3. The number of anilines is 4. The van der Waals surface area contributed by atoms with Crippen molar-refractivity contribution in [3.05, 3.63) is 12.7 Å². The molecule has 2 fully saturated rings. The van der Waals surface area contributed by atoms with Crippen molar-refractivity contribution in [3.8, 4) is 0 Å². The summed E-state index contributed by atoms with van der Waals surface area (Å²) in [5.41, 5.74) is -0.535. The Morgan fingerprint density at radius 2 is 1.42 bits per heavy atom. The minimum atomic E-state index is -0.535. The zero-order chi connectivity index (χ0) is 27.0. The monoisotopic (exact) mass is 531 g/mol. The van der Waals surface area contributed by atoms with E-state index >= 15 is 0 Å². The van der Waals surface area contributed by atoms with Crippen LogP contribution in [0.2, 0.25) is 0 Å². The smallest absolute Gasteiger partial charge is 0.410 e. The van der Waals surface area contributed by atoms with Crippen LogP contribution in [0.4, 0.5) is 28.6 Å². The van der Waals surface area contributed by atoms with Gasteiger partial charge in [-0.25, -0.2) is 19.7 Å². The second-order valence-corrected chi connectivity index (χ2v) is 9.89. The SMILES string of the molecule is CC(C)(C)OC(=O)N1CCN(c2nc(NCCOCCO)nc(N3CCN(c4ncncn4)CC3)n2)CC1. The highest BCUT2D eigenvalue weighted by atomic mass is 16.6. The second-order valence-electron chi connectivity index (χ2n) is 9.89. The van der Waals surface area contributed by atoms with Crippen LogP contribution in [-0.2, 0) is 9.47 Å². The molecule has 0 spiro atoms. The highest BCUT2D eigenvalue weighted by Gasteiger charge is 2.28. The van der Waals surface area contributed by atoms with Gasteiger partial charge < -0.3 is 39.5 Å². The first kappa shape index (κ1) is 27.4. The van der Waals surface area contributed by atoms with Gasteiger partial charge in [0.15, 0.2) is 0 Å². The molecule has 15 heteroatoms. The van der Waals surface area contributed by atoms with Gasteiger partial charge in [-0.2, -0.15) is 15.0 Å². The van der Waals surface area contributed by atoms with Gasteiger partial charge in [-0.3, -0.25) is 0 Å². The van der Waals surface area contributed by atoms with Gasteiger partial charge >= 0.3 is 6.09 Å². The van der Waals surface area contributed by atoms with Gasteiger partial charge in [-0.05, 0) is 20.8 Å². The highest BCUT2D eigenvalue weighted by Crippen LogP contribution is 2.21. The summed E-state index contributed by atoms with van der Waals surface area (Å²) in [6.45, 7) is 11.8. The molecule has 4 rings (SSSR count). The van der Waals surface area contributed by atoms with Crippen molar-refractivity contribution in [2.75, 3.05) is 98.7 Å². The van der Waals surface area contributed by atoms with Crippen LogP contribution in [0.5, 0.6) is 0 Å². The molecule has 0 radical (unpaired) electrons. The van der Waals surface area contributed by atoms with Crippen LogP contribution in [0.1, 0.15) is 20.8 Å². The Bertz CT molecular complexity index is 1020. The van der Waals surface area contributed by atoms with Gasteiger partial charge in [0, 0.05) is 58.9 Å². The molecule has 0 unspecified atom stereocenters. The fourth-order valence-electron chi connectivity index (χ4n) is 4.04. The molecule has 4 heterocycles. The van der Waals surface area contributed by atoms with E-state index < -0.39 is 5.60 Å². The lowest BCUT2D eigenvalue weighted by Gasteiger charge is -2.37. The molecule has 0 saturated carbocycles. The van der Waals surface area contributed by atoms with Crippen LogP contribution in [0.25, 0.3) is 0 Å². The lowest BCUT2D eigenvalue weighted by Crippen LogP contribution is -2.51. The molecule has 15 nitrogen and oxygen atoms in total. The van der Waals surface area contributed by atoms with E-state index in [1.807, 2.05) is 20.8 Å². The number of piperazine rings is 2. The standard InChI is InChI=1S/C23H37N11O4/c1-23(2,3)38-22(36)34-11-9-33(10-12-34)21-29-18(25-4-14-37-15-13-35)28-20(30-21)32-7-5-31(6-8-32)19-26-16-24-17-27-19/h16-17,35H,4-15H2,1-3H3,(H,25,28,29,30). The summed E-state index contributed by atoms with van der Waals surface area (Å²) in [4.78, 5) is 47.0. The van der Waals surface area contributed by atoms with Crippen LogP contribution in [0, 0.1) is 0 Å². The number of hydrogen-bond donors (Lipinski definition) is 2. The van der Waals surface area contributed by atoms with Gasteiger partial charge in [0.2, 0.25) is 23.8 Å². The Morgan fingerprint density at radius 1 is 0.868 bits per heavy atom. The molecule has 0 aromatic carbocycles. The van der Waals surface area contributed by atoms with Crippen LogP contribution in [0.15, 0.2) is 12.7 Å². The van der Waals surface area contributed by atoms with Crippen molar-refractivity contribution in [2.45, 2.75) is 26.4 Å². The average molecular weight is 532 g/mol. The van der Waals surface area contributed by atoms with E-state index in [0.717, 1.165) is 13.1 Å². The largest absolute Gasteiger partial charge is 0.444 e. The molecule has 2 aromatic rings. The summed E-state index contributed by atoms with van der Waals surface area (Å²) < 4.78 is 10.9. The van der Waals surface area contributed by atoms with E-state index in [9.17, 15) is 4.79 Å². The zero-order valence-electron chi connectivity index (χ0n) is 22.3. The van der Waals surface area contributed by atoms with Crippen molar-refractivity contribution in [1.82, 2.24) is 34.8 Å². The summed E-state index contributed by atoms with van der Waals surface area (Å²) in [6.07, 6.45) is 2.69. The number of amides is 1. The summed E-state index contributed by atoms with van der Waals surface area (Å²) in [5.74, 6) is 2.24. The second kappa shape index (κ2) is 12.8. The van der Waals surface area contributed by atoms with Crippen LogP contribution < -0.4 is 20.0 Å². The number of carbonyl (C=O) groups is 1. The van der Waals surface area contributed by atoms with Crippen molar-refractivity contribution < 1.29 is 19.4 Å². The molecule has 2 aliphatic rings. The van der Waals surface area contributed by atoms with E-state index in [0.29, 0.717) is 76.2 Å². The molecule has 2 saturated heterocycles. The Morgan fingerprint density at radius 3 is 1.97 bits per heavy atom. The normalized spacial score (nSPS) is 16.5. The number of aromatic nitrogens is 6. The third-order valence-corrected chi connectivity index (χ3v) is 5.92. The van der Waals surface area contributed by atoms with Gasteiger partial charge in [-0.1, -0.05) is 0 Å². The van der Waals surface area contributed by atoms with Crippen LogP contribution >= 0.6 is 0 Å². The first-order valence-electron chi connectivity index (χ1n) is 12.9. The molecule has 0 atom stereocenters. The average Bonchev–Trinajstić information content (AvgIpc) is 2.92. The molecule has 0 bridgehead atoms. The van der Waals surface area contributed by atoms with E-state index in [4.69, 9.17) is 19.6 Å². The molecule has 2 aromatic heterocycles. The molecule has 2 N–H and O–H groups in total. The third-order valence-electron chi connectivity index (χ3n) is 5.92. The zero-order valence-corrected chi connectivity index (χ0v) is 22.3. The Labute approximate surface area is 222 Å². The number of aliphatic hydroxyl groups excluding tert-OH is 1. The van der Waals surface area contributed by atoms with Crippen molar-refractivity contribution in [2.24, 2.45) is 0 Å². The maximum atomic E-state index is 12.5. The van der Waals surface area contributed by atoms with Gasteiger partial charge in [0.05, 0.1) is 19.8 Å². The molecule has 2 aliphatic heterocycles. The first-order valence-corrected chi connectivity index (χ1v) is 12.9. The Balaban J connectivity index is 1.43. The Hall–Kier alpha value is -3.59. The van der Waals surface area contributed by atoms with Gasteiger partial charge in [0.25, 0.3) is 0 Å². The molecule has 38 heavy (non-hydrogen) atoms. The maximum absolute atomic E-state index is 12.5.